The summed E-state index contributed by atoms with van der Waals surface area (Å²) in [6.07, 6.45) is 0.807. The third kappa shape index (κ3) is 7.06. The fraction of sp³-hybridized carbons (Fsp3) is 0.138. The van der Waals surface area contributed by atoms with Gasteiger partial charge in [0.2, 0.25) is 0 Å². The van der Waals surface area contributed by atoms with Crippen LogP contribution in [-0.2, 0) is 12.3 Å². The zero-order valence-corrected chi connectivity index (χ0v) is 19.9. The number of rotatable bonds is 6. The number of benzene rings is 4. The lowest BCUT2D eigenvalue weighted by Crippen LogP contribution is -2.20. The Kier molecular flexibility index (Phi) is 9.52. The summed E-state index contributed by atoms with van der Waals surface area (Å²) in [4.78, 5) is 0. The first kappa shape index (κ1) is 23.7. The minimum Gasteiger partial charge on any atom is -0.198 e. The standard InChI is InChI=1S/C18H15P.C11H12ClN/c1-4-10-16(11-5-1)19(17-12-6-2-7-13-17)18-14-8-3-9-15-18;1-9(8-13)5-10-3-2-4-11(6-10)7-12/h1-15H;2-4,6,9H,5,7H2,1H3. The van der Waals surface area contributed by atoms with E-state index in [2.05, 4.69) is 103 Å². The number of hydrogen-bond donors (Lipinski definition) is 0. The Labute approximate surface area is 198 Å². The molecule has 1 nitrogen and oxygen atoms in total. The van der Waals surface area contributed by atoms with Crippen LogP contribution in [0.3, 0.4) is 0 Å². The molecule has 0 aliphatic heterocycles. The van der Waals surface area contributed by atoms with Crippen LogP contribution in [0.4, 0.5) is 0 Å². The van der Waals surface area contributed by atoms with E-state index in [1.54, 1.807) is 0 Å². The van der Waals surface area contributed by atoms with E-state index in [4.69, 9.17) is 16.9 Å². The van der Waals surface area contributed by atoms with Gasteiger partial charge in [0.05, 0.1) is 6.07 Å². The number of nitrogens with zero attached hydrogens (tertiary/aromatic N) is 1. The van der Waals surface area contributed by atoms with Crippen molar-refractivity contribution in [1.82, 2.24) is 0 Å². The summed E-state index contributed by atoms with van der Waals surface area (Å²) in [6, 6.07) is 42.6. The zero-order valence-electron chi connectivity index (χ0n) is 18.2. The van der Waals surface area contributed by atoms with Gasteiger partial charge in [-0.3, -0.25) is 0 Å². The fourth-order valence-corrected chi connectivity index (χ4v) is 5.89. The minimum atomic E-state index is -0.446. The van der Waals surface area contributed by atoms with Crippen LogP contribution in [0, 0.1) is 17.2 Å². The Morgan fingerprint density at radius 1 is 0.688 bits per heavy atom. The van der Waals surface area contributed by atoms with Crippen LogP contribution >= 0.6 is 19.5 Å². The second-order valence-corrected chi connectivity index (χ2v) is 10.0. The molecule has 4 aromatic carbocycles. The van der Waals surface area contributed by atoms with Crippen LogP contribution in [0.2, 0.25) is 0 Å². The van der Waals surface area contributed by atoms with Crippen LogP contribution in [0.15, 0.2) is 115 Å². The van der Waals surface area contributed by atoms with Gasteiger partial charge in [0.1, 0.15) is 0 Å². The van der Waals surface area contributed by atoms with E-state index in [1.807, 2.05) is 25.1 Å². The lowest BCUT2D eigenvalue weighted by atomic mass is 10.0. The molecular formula is C29H27ClNP. The molecule has 4 aromatic rings. The van der Waals surface area contributed by atoms with E-state index < -0.39 is 7.92 Å². The first-order valence-corrected chi connectivity index (χ1v) is 12.6. The third-order valence-electron chi connectivity index (χ3n) is 4.95. The maximum absolute atomic E-state index is 8.65. The molecule has 0 N–H and O–H groups in total. The van der Waals surface area contributed by atoms with Gasteiger partial charge in [-0.1, -0.05) is 115 Å². The van der Waals surface area contributed by atoms with Gasteiger partial charge in [-0.25, -0.2) is 0 Å². The van der Waals surface area contributed by atoms with Gasteiger partial charge in [0.25, 0.3) is 0 Å². The van der Waals surface area contributed by atoms with Gasteiger partial charge in [0, 0.05) is 11.8 Å². The molecule has 4 rings (SSSR count). The largest absolute Gasteiger partial charge is 0.198 e. The quantitative estimate of drug-likeness (QED) is 0.238. The van der Waals surface area contributed by atoms with Crippen LogP contribution in [0.1, 0.15) is 18.1 Å². The summed E-state index contributed by atoms with van der Waals surface area (Å²) in [7, 11) is -0.446. The Hall–Kier alpha value is -2.91. The van der Waals surface area contributed by atoms with E-state index in [1.165, 1.54) is 21.5 Å². The summed E-state index contributed by atoms with van der Waals surface area (Å²) in [5, 5.41) is 12.8. The molecule has 0 aliphatic rings. The number of alkyl halides is 1. The van der Waals surface area contributed by atoms with E-state index in [0.29, 0.717) is 5.88 Å². The van der Waals surface area contributed by atoms with Crippen molar-refractivity contribution in [2.24, 2.45) is 5.92 Å². The summed E-state index contributed by atoms with van der Waals surface area (Å²) in [5.74, 6) is 0.611. The third-order valence-corrected chi connectivity index (χ3v) is 7.70. The molecule has 0 saturated carbocycles. The molecule has 0 amide bonds. The average Bonchev–Trinajstić information content (AvgIpc) is 2.87. The van der Waals surface area contributed by atoms with Gasteiger partial charge < -0.3 is 0 Å². The fourth-order valence-electron chi connectivity index (χ4n) is 3.42. The molecule has 0 aromatic heterocycles. The Morgan fingerprint density at radius 3 is 1.53 bits per heavy atom. The Morgan fingerprint density at radius 2 is 1.12 bits per heavy atom. The summed E-state index contributed by atoms with van der Waals surface area (Å²) in [6.45, 7) is 1.92. The molecule has 1 unspecified atom stereocenters. The van der Waals surface area contributed by atoms with Gasteiger partial charge in [0.15, 0.2) is 0 Å². The molecule has 1 atom stereocenters. The van der Waals surface area contributed by atoms with Crippen molar-refractivity contribution in [3.8, 4) is 6.07 Å². The van der Waals surface area contributed by atoms with Crippen LogP contribution in [0.5, 0.6) is 0 Å². The van der Waals surface area contributed by atoms with E-state index in [0.717, 1.165) is 12.0 Å². The van der Waals surface area contributed by atoms with E-state index in [-0.39, 0.29) is 5.92 Å². The van der Waals surface area contributed by atoms with Crippen molar-refractivity contribution in [2.45, 2.75) is 19.2 Å². The zero-order chi connectivity index (χ0) is 22.6. The second-order valence-electron chi connectivity index (χ2n) is 7.53. The van der Waals surface area contributed by atoms with Crippen molar-refractivity contribution in [2.75, 3.05) is 0 Å². The molecule has 0 radical (unpaired) electrons. The van der Waals surface area contributed by atoms with Crippen molar-refractivity contribution in [3.05, 3.63) is 126 Å². The van der Waals surface area contributed by atoms with Crippen molar-refractivity contribution in [3.63, 3.8) is 0 Å². The van der Waals surface area contributed by atoms with Crippen molar-refractivity contribution < 1.29 is 0 Å². The second kappa shape index (κ2) is 12.8. The molecular weight excluding hydrogens is 429 g/mol. The summed E-state index contributed by atoms with van der Waals surface area (Å²) >= 11 is 5.70. The minimum absolute atomic E-state index is 0.0746. The highest BCUT2D eigenvalue weighted by atomic mass is 35.5. The maximum atomic E-state index is 8.65. The highest BCUT2D eigenvalue weighted by Crippen LogP contribution is 2.32. The first-order chi connectivity index (χ1) is 15.7. The maximum Gasteiger partial charge on any atom is 0.0656 e. The van der Waals surface area contributed by atoms with E-state index in [9.17, 15) is 0 Å². The predicted molar refractivity (Wildman–Crippen MR) is 140 cm³/mol. The number of hydrogen-bond acceptors (Lipinski definition) is 1. The molecule has 160 valence electrons. The number of nitriles is 1. The molecule has 0 bridgehead atoms. The first-order valence-electron chi connectivity index (χ1n) is 10.7. The van der Waals surface area contributed by atoms with Crippen LogP contribution in [-0.4, -0.2) is 0 Å². The van der Waals surface area contributed by atoms with Crippen LogP contribution in [0.25, 0.3) is 0 Å². The number of halogens is 1. The normalized spacial score (nSPS) is 11.2. The van der Waals surface area contributed by atoms with Gasteiger partial charge >= 0.3 is 0 Å². The Balaban J connectivity index is 0.000000195. The lowest BCUT2D eigenvalue weighted by molar-refractivity contribution is 0.738. The highest BCUT2D eigenvalue weighted by molar-refractivity contribution is 7.79. The predicted octanol–water partition coefficient (Wildman–Crippen LogP) is 6.57. The van der Waals surface area contributed by atoms with Gasteiger partial charge in [-0.05, 0) is 48.3 Å². The topological polar surface area (TPSA) is 23.8 Å². The summed E-state index contributed by atoms with van der Waals surface area (Å²) in [5.41, 5.74) is 2.30. The molecule has 32 heavy (non-hydrogen) atoms. The monoisotopic (exact) mass is 455 g/mol. The smallest absolute Gasteiger partial charge is 0.0656 e. The van der Waals surface area contributed by atoms with Crippen molar-refractivity contribution >= 4 is 35.4 Å². The lowest BCUT2D eigenvalue weighted by Gasteiger charge is -2.18. The molecule has 0 heterocycles. The molecule has 3 heteroatoms. The molecule has 0 aliphatic carbocycles. The molecule has 0 spiro atoms. The highest BCUT2D eigenvalue weighted by Gasteiger charge is 2.15. The molecule has 0 saturated heterocycles. The van der Waals surface area contributed by atoms with Crippen LogP contribution < -0.4 is 15.9 Å². The average molecular weight is 456 g/mol. The van der Waals surface area contributed by atoms with Gasteiger partial charge in [-0.2, -0.15) is 5.26 Å². The Bertz CT molecular complexity index is 1010. The summed E-state index contributed by atoms with van der Waals surface area (Å²) < 4.78 is 0. The van der Waals surface area contributed by atoms with E-state index >= 15 is 0 Å². The molecule has 0 fully saturated rings. The van der Waals surface area contributed by atoms with Crippen molar-refractivity contribution in [1.29, 1.82) is 5.26 Å². The van der Waals surface area contributed by atoms with Gasteiger partial charge in [-0.15, -0.1) is 11.6 Å². The SMILES string of the molecule is CC(C#N)Cc1cccc(CCl)c1.c1ccc(P(c2ccccc2)c2ccccc2)cc1.